The molecule has 0 saturated carbocycles. The quantitative estimate of drug-likeness (QED) is 0.754. The Morgan fingerprint density at radius 3 is 2.54 bits per heavy atom. The monoisotopic (exact) mass is 353 g/mol. The molecule has 0 unspecified atom stereocenters. The number of sulfonamides is 1. The van der Waals surface area contributed by atoms with Crippen molar-refractivity contribution < 1.29 is 13.2 Å². The van der Waals surface area contributed by atoms with Crippen LogP contribution in [0.2, 0.25) is 0 Å². The van der Waals surface area contributed by atoms with Gasteiger partial charge >= 0.3 is 0 Å². The first-order chi connectivity index (χ1) is 11.3. The lowest BCUT2D eigenvalue weighted by Gasteiger charge is -2.17. The van der Waals surface area contributed by atoms with Gasteiger partial charge in [0.1, 0.15) is 0 Å². The van der Waals surface area contributed by atoms with Crippen molar-refractivity contribution in [1.82, 2.24) is 14.5 Å². The minimum absolute atomic E-state index is 0.202. The van der Waals surface area contributed by atoms with Crippen LogP contribution in [0, 0.1) is 6.92 Å². The Labute approximate surface area is 144 Å². The van der Waals surface area contributed by atoms with Gasteiger partial charge in [-0.15, -0.1) is 0 Å². The molecule has 6 nitrogen and oxygen atoms in total. The molecule has 24 heavy (non-hydrogen) atoms. The Balaban J connectivity index is 2.12. The van der Waals surface area contributed by atoms with E-state index in [0.717, 1.165) is 31.4 Å². The van der Waals surface area contributed by atoms with Gasteiger partial charge in [0.15, 0.2) is 0 Å². The molecule has 0 aliphatic carbocycles. The van der Waals surface area contributed by atoms with Gasteiger partial charge in [-0.1, -0.05) is 6.07 Å². The number of hydrogen-bond acceptors (Lipinski definition) is 4. The van der Waals surface area contributed by atoms with Crippen LogP contribution in [-0.4, -0.2) is 63.8 Å². The molecule has 1 fully saturated rings. The third kappa shape index (κ3) is 4.55. The summed E-state index contributed by atoms with van der Waals surface area (Å²) in [6, 6.07) is 4.80. The zero-order valence-corrected chi connectivity index (χ0v) is 15.5. The van der Waals surface area contributed by atoms with Gasteiger partial charge in [-0.05, 0) is 64.5 Å². The molecule has 1 amide bonds. The van der Waals surface area contributed by atoms with Crippen LogP contribution in [0.1, 0.15) is 35.2 Å². The number of hydrogen-bond donors (Lipinski definition) is 1. The zero-order valence-electron chi connectivity index (χ0n) is 14.7. The molecule has 7 heteroatoms. The Morgan fingerprint density at radius 2 is 1.92 bits per heavy atom. The summed E-state index contributed by atoms with van der Waals surface area (Å²) in [4.78, 5) is 14.6. The van der Waals surface area contributed by atoms with Crippen LogP contribution >= 0.6 is 0 Å². The Bertz CT molecular complexity index is 680. The van der Waals surface area contributed by atoms with Gasteiger partial charge in [0.2, 0.25) is 10.0 Å². The molecule has 0 bridgehead atoms. The van der Waals surface area contributed by atoms with Gasteiger partial charge in [-0.3, -0.25) is 4.79 Å². The standard InChI is InChI=1S/C17H27N3O3S/c1-14-7-8-15(24(22,23)20-11-4-5-12-20)13-16(14)17(21)18-9-6-10-19(2)3/h7-8,13H,4-6,9-12H2,1-3H3,(H,18,21). The lowest BCUT2D eigenvalue weighted by molar-refractivity contribution is 0.0951. The molecule has 1 aliphatic rings. The van der Waals surface area contributed by atoms with Gasteiger partial charge in [-0.2, -0.15) is 4.31 Å². The summed E-state index contributed by atoms with van der Waals surface area (Å²) < 4.78 is 26.8. The second kappa shape index (κ2) is 8.09. The minimum Gasteiger partial charge on any atom is -0.352 e. The SMILES string of the molecule is Cc1ccc(S(=O)(=O)N2CCCC2)cc1C(=O)NCCCN(C)C. The number of carbonyl (C=O) groups is 1. The number of amides is 1. The molecule has 0 radical (unpaired) electrons. The number of nitrogens with zero attached hydrogens (tertiary/aromatic N) is 2. The summed E-state index contributed by atoms with van der Waals surface area (Å²) in [5.41, 5.74) is 1.21. The summed E-state index contributed by atoms with van der Waals surface area (Å²) >= 11 is 0. The molecule has 0 atom stereocenters. The fourth-order valence-electron chi connectivity index (χ4n) is 2.78. The number of nitrogens with one attached hydrogen (secondary N) is 1. The van der Waals surface area contributed by atoms with Gasteiger partial charge in [-0.25, -0.2) is 8.42 Å². The maximum absolute atomic E-state index is 12.6. The van der Waals surface area contributed by atoms with Crippen LogP contribution in [0.4, 0.5) is 0 Å². The fourth-order valence-corrected chi connectivity index (χ4v) is 4.32. The van der Waals surface area contributed by atoms with Crippen LogP contribution in [0.25, 0.3) is 0 Å². The predicted octanol–water partition coefficient (Wildman–Crippen LogP) is 1.46. The van der Waals surface area contributed by atoms with Crippen molar-refractivity contribution >= 4 is 15.9 Å². The average Bonchev–Trinajstić information content (AvgIpc) is 3.06. The van der Waals surface area contributed by atoms with Crippen LogP contribution in [0.5, 0.6) is 0 Å². The smallest absolute Gasteiger partial charge is 0.251 e. The van der Waals surface area contributed by atoms with Crippen molar-refractivity contribution in [3.8, 4) is 0 Å². The summed E-state index contributed by atoms with van der Waals surface area (Å²) in [6.07, 6.45) is 2.64. The highest BCUT2D eigenvalue weighted by Gasteiger charge is 2.28. The molecule has 1 heterocycles. The van der Waals surface area contributed by atoms with E-state index in [9.17, 15) is 13.2 Å². The van der Waals surface area contributed by atoms with Gasteiger partial charge < -0.3 is 10.2 Å². The highest BCUT2D eigenvalue weighted by atomic mass is 32.2. The van der Waals surface area contributed by atoms with Gasteiger partial charge in [0, 0.05) is 25.2 Å². The normalized spacial score (nSPS) is 15.8. The van der Waals surface area contributed by atoms with Crippen molar-refractivity contribution in [3.63, 3.8) is 0 Å². The molecule has 1 aromatic carbocycles. The summed E-state index contributed by atoms with van der Waals surface area (Å²) in [5.74, 6) is -0.218. The first kappa shape index (κ1) is 18.9. The van der Waals surface area contributed by atoms with E-state index in [4.69, 9.17) is 0 Å². The van der Waals surface area contributed by atoms with E-state index in [-0.39, 0.29) is 10.8 Å². The van der Waals surface area contributed by atoms with E-state index in [1.807, 2.05) is 21.0 Å². The molecule has 1 aromatic rings. The third-order valence-electron chi connectivity index (χ3n) is 4.22. The number of carbonyl (C=O) groups excluding carboxylic acids is 1. The van der Waals surface area contributed by atoms with E-state index in [0.29, 0.717) is 25.2 Å². The van der Waals surface area contributed by atoms with E-state index < -0.39 is 10.0 Å². The van der Waals surface area contributed by atoms with Crippen molar-refractivity contribution in [2.45, 2.75) is 31.1 Å². The van der Waals surface area contributed by atoms with Gasteiger partial charge in [0.05, 0.1) is 4.90 Å². The van der Waals surface area contributed by atoms with Crippen LogP contribution in [-0.2, 0) is 10.0 Å². The van der Waals surface area contributed by atoms with E-state index >= 15 is 0 Å². The first-order valence-corrected chi connectivity index (χ1v) is 9.80. The average molecular weight is 353 g/mol. The number of aryl methyl sites for hydroxylation is 1. The molecule has 1 N–H and O–H groups in total. The third-order valence-corrected chi connectivity index (χ3v) is 6.12. The second-order valence-electron chi connectivity index (χ2n) is 6.50. The molecule has 1 aliphatic heterocycles. The largest absolute Gasteiger partial charge is 0.352 e. The Hall–Kier alpha value is -1.44. The summed E-state index contributed by atoms with van der Waals surface area (Å²) in [6.45, 7) is 4.40. The number of rotatable bonds is 7. The van der Waals surface area contributed by atoms with E-state index in [1.165, 1.54) is 10.4 Å². The highest BCUT2D eigenvalue weighted by Crippen LogP contribution is 2.23. The van der Waals surface area contributed by atoms with E-state index in [2.05, 4.69) is 10.2 Å². The maximum Gasteiger partial charge on any atom is 0.251 e. The lowest BCUT2D eigenvalue weighted by atomic mass is 10.1. The zero-order chi connectivity index (χ0) is 17.7. The highest BCUT2D eigenvalue weighted by molar-refractivity contribution is 7.89. The van der Waals surface area contributed by atoms with Crippen molar-refractivity contribution in [2.75, 3.05) is 40.3 Å². The minimum atomic E-state index is -3.50. The van der Waals surface area contributed by atoms with Crippen molar-refractivity contribution in [2.24, 2.45) is 0 Å². The molecule has 134 valence electrons. The van der Waals surface area contributed by atoms with Gasteiger partial charge in [0.25, 0.3) is 5.91 Å². The predicted molar refractivity (Wildman–Crippen MR) is 94.7 cm³/mol. The molecule has 0 aromatic heterocycles. The molecule has 1 saturated heterocycles. The first-order valence-electron chi connectivity index (χ1n) is 8.36. The summed E-state index contributed by atoms with van der Waals surface area (Å²) in [5, 5.41) is 2.87. The molecule has 2 rings (SSSR count). The second-order valence-corrected chi connectivity index (χ2v) is 8.44. The molecular weight excluding hydrogens is 326 g/mol. The van der Waals surface area contributed by atoms with Crippen molar-refractivity contribution in [1.29, 1.82) is 0 Å². The Morgan fingerprint density at radius 1 is 1.25 bits per heavy atom. The number of benzene rings is 1. The van der Waals surface area contributed by atoms with E-state index in [1.54, 1.807) is 12.1 Å². The van der Waals surface area contributed by atoms with Crippen LogP contribution in [0.3, 0.4) is 0 Å². The van der Waals surface area contributed by atoms with Crippen LogP contribution in [0.15, 0.2) is 23.1 Å². The van der Waals surface area contributed by atoms with Crippen molar-refractivity contribution in [3.05, 3.63) is 29.3 Å². The van der Waals surface area contributed by atoms with Crippen LogP contribution < -0.4 is 5.32 Å². The maximum atomic E-state index is 12.6. The summed E-state index contributed by atoms with van der Waals surface area (Å²) in [7, 11) is 0.468. The lowest BCUT2D eigenvalue weighted by Crippen LogP contribution is -2.29. The Kier molecular flexibility index (Phi) is 6.37. The fraction of sp³-hybridized carbons (Fsp3) is 0.588. The topological polar surface area (TPSA) is 69.7 Å². The molecule has 0 spiro atoms. The molecular formula is C17H27N3O3S.